The van der Waals surface area contributed by atoms with Crippen molar-refractivity contribution in [2.75, 3.05) is 12.8 Å². The molecule has 0 fully saturated rings. The van der Waals surface area contributed by atoms with Crippen LogP contribution in [0.5, 0.6) is 5.75 Å². The Morgan fingerprint density at radius 2 is 2.00 bits per heavy atom. The van der Waals surface area contributed by atoms with E-state index in [-0.39, 0.29) is 0 Å². The topological polar surface area (TPSA) is 70.5 Å². The minimum atomic E-state index is 0.358. The maximum absolute atomic E-state index is 5.57. The van der Waals surface area contributed by atoms with Crippen LogP contribution in [0.25, 0.3) is 0 Å². The standard InChI is InChI=1S/C12H14N2O3/c1-15-8-12-6-10(14-17-12)7-16-11-4-2-9(13)3-5-11/h2-6H,7-8,13H2,1H3. The lowest BCUT2D eigenvalue weighted by molar-refractivity contribution is 0.155. The van der Waals surface area contributed by atoms with Gasteiger partial charge in [-0.1, -0.05) is 5.16 Å². The normalized spacial score (nSPS) is 10.4. The second-order valence-corrected chi connectivity index (χ2v) is 3.58. The summed E-state index contributed by atoms with van der Waals surface area (Å²) in [6.45, 7) is 0.770. The van der Waals surface area contributed by atoms with Crippen molar-refractivity contribution in [3.63, 3.8) is 0 Å². The van der Waals surface area contributed by atoms with Crippen LogP contribution < -0.4 is 10.5 Å². The summed E-state index contributed by atoms with van der Waals surface area (Å²) in [6, 6.07) is 9.00. The maximum atomic E-state index is 5.57. The van der Waals surface area contributed by atoms with Crippen molar-refractivity contribution in [3.8, 4) is 5.75 Å². The third-order valence-electron chi connectivity index (χ3n) is 2.16. The van der Waals surface area contributed by atoms with Crippen molar-refractivity contribution in [3.05, 3.63) is 41.8 Å². The van der Waals surface area contributed by atoms with Gasteiger partial charge in [-0.25, -0.2) is 0 Å². The molecule has 2 N–H and O–H groups in total. The molecule has 0 saturated heterocycles. The van der Waals surface area contributed by atoms with Crippen LogP contribution in [0.2, 0.25) is 0 Å². The minimum absolute atomic E-state index is 0.358. The monoisotopic (exact) mass is 234 g/mol. The fourth-order valence-corrected chi connectivity index (χ4v) is 1.36. The average Bonchev–Trinajstić information content (AvgIpc) is 2.77. The molecule has 0 saturated carbocycles. The SMILES string of the molecule is COCc1cc(COc2ccc(N)cc2)no1. The molecule has 0 atom stereocenters. The zero-order valence-corrected chi connectivity index (χ0v) is 9.55. The van der Waals surface area contributed by atoms with Crippen LogP contribution in [-0.4, -0.2) is 12.3 Å². The first-order chi connectivity index (χ1) is 8.28. The molecule has 1 heterocycles. The van der Waals surface area contributed by atoms with Crippen molar-refractivity contribution in [2.45, 2.75) is 13.2 Å². The van der Waals surface area contributed by atoms with Crippen molar-refractivity contribution < 1.29 is 14.0 Å². The molecule has 1 aromatic heterocycles. The number of benzene rings is 1. The molecule has 5 heteroatoms. The summed E-state index contributed by atoms with van der Waals surface area (Å²) in [5.41, 5.74) is 7.01. The number of nitrogens with zero attached hydrogens (tertiary/aromatic N) is 1. The highest BCUT2D eigenvalue weighted by atomic mass is 16.5. The summed E-state index contributed by atoms with van der Waals surface area (Å²) in [5.74, 6) is 1.43. The Labute approximate surface area is 99.1 Å². The van der Waals surface area contributed by atoms with E-state index in [2.05, 4.69) is 5.16 Å². The van der Waals surface area contributed by atoms with E-state index in [1.165, 1.54) is 0 Å². The molecule has 2 rings (SSSR count). The summed E-state index contributed by atoms with van der Waals surface area (Å²) >= 11 is 0. The molecule has 1 aromatic carbocycles. The van der Waals surface area contributed by atoms with Gasteiger partial charge in [0.2, 0.25) is 0 Å². The molecular formula is C12H14N2O3. The second-order valence-electron chi connectivity index (χ2n) is 3.58. The maximum Gasteiger partial charge on any atom is 0.162 e. The molecular weight excluding hydrogens is 220 g/mol. The lowest BCUT2D eigenvalue weighted by atomic mass is 10.3. The summed E-state index contributed by atoms with van der Waals surface area (Å²) in [5, 5.41) is 3.86. The fraction of sp³-hybridized carbons (Fsp3) is 0.250. The van der Waals surface area contributed by atoms with Gasteiger partial charge in [0.1, 0.15) is 24.7 Å². The number of rotatable bonds is 5. The first kappa shape index (κ1) is 11.5. The lowest BCUT2D eigenvalue weighted by Gasteiger charge is -2.03. The number of ether oxygens (including phenoxy) is 2. The van der Waals surface area contributed by atoms with Crippen molar-refractivity contribution in [1.29, 1.82) is 0 Å². The van der Waals surface area contributed by atoms with Crippen molar-refractivity contribution in [2.24, 2.45) is 0 Å². The van der Waals surface area contributed by atoms with Crippen LogP contribution >= 0.6 is 0 Å². The van der Waals surface area contributed by atoms with Gasteiger partial charge in [-0.3, -0.25) is 0 Å². The van der Waals surface area contributed by atoms with Crippen LogP contribution in [0.1, 0.15) is 11.5 Å². The summed E-state index contributed by atoms with van der Waals surface area (Å²) in [4.78, 5) is 0. The molecule has 0 aliphatic carbocycles. The van der Waals surface area contributed by atoms with Gasteiger partial charge in [0.25, 0.3) is 0 Å². The quantitative estimate of drug-likeness (QED) is 0.801. The van der Waals surface area contributed by atoms with Crippen LogP contribution in [0.4, 0.5) is 5.69 Å². The Kier molecular flexibility index (Phi) is 3.62. The number of hydrogen-bond donors (Lipinski definition) is 1. The molecule has 90 valence electrons. The molecule has 0 radical (unpaired) electrons. The lowest BCUT2D eigenvalue weighted by Crippen LogP contribution is -1.95. The van der Waals surface area contributed by atoms with E-state index >= 15 is 0 Å². The number of anilines is 1. The minimum Gasteiger partial charge on any atom is -0.487 e. The molecule has 0 aliphatic heterocycles. The van der Waals surface area contributed by atoms with Gasteiger partial charge in [-0.2, -0.15) is 0 Å². The highest BCUT2D eigenvalue weighted by molar-refractivity contribution is 5.41. The Balaban J connectivity index is 1.90. The van der Waals surface area contributed by atoms with Gasteiger partial charge >= 0.3 is 0 Å². The summed E-state index contributed by atoms with van der Waals surface area (Å²) in [6.07, 6.45) is 0. The molecule has 2 aromatic rings. The van der Waals surface area contributed by atoms with Crippen LogP contribution in [0.3, 0.4) is 0 Å². The Morgan fingerprint density at radius 3 is 2.71 bits per heavy atom. The number of nitrogen functional groups attached to an aromatic ring is 1. The molecule has 0 bridgehead atoms. The zero-order chi connectivity index (χ0) is 12.1. The van der Waals surface area contributed by atoms with Crippen molar-refractivity contribution >= 4 is 5.69 Å². The highest BCUT2D eigenvalue weighted by Gasteiger charge is 2.04. The number of methoxy groups -OCH3 is 1. The van der Waals surface area contributed by atoms with E-state index in [9.17, 15) is 0 Å². The van der Waals surface area contributed by atoms with Gasteiger partial charge in [0, 0.05) is 18.9 Å². The molecule has 0 aliphatic rings. The first-order valence-electron chi connectivity index (χ1n) is 5.19. The number of hydrogen-bond acceptors (Lipinski definition) is 5. The second kappa shape index (κ2) is 5.36. The van der Waals surface area contributed by atoms with E-state index in [0.29, 0.717) is 24.7 Å². The fourth-order valence-electron chi connectivity index (χ4n) is 1.36. The Hall–Kier alpha value is -2.01. The summed E-state index contributed by atoms with van der Waals surface area (Å²) < 4.78 is 15.5. The summed E-state index contributed by atoms with van der Waals surface area (Å²) in [7, 11) is 1.60. The predicted molar refractivity (Wildman–Crippen MR) is 62.4 cm³/mol. The number of nitrogens with two attached hydrogens (primary N) is 1. The van der Waals surface area contributed by atoms with E-state index in [1.807, 2.05) is 12.1 Å². The highest BCUT2D eigenvalue weighted by Crippen LogP contribution is 2.15. The third-order valence-corrected chi connectivity index (χ3v) is 2.16. The van der Waals surface area contributed by atoms with Crippen LogP contribution in [0, 0.1) is 0 Å². The van der Waals surface area contributed by atoms with Gasteiger partial charge in [0.15, 0.2) is 5.76 Å². The largest absolute Gasteiger partial charge is 0.487 e. The van der Waals surface area contributed by atoms with Gasteiger partial charge in [-0.05, 0) is 24.3 Å². The Morgan fingerprint density at radius 1 is 1.24 bits per heavy atom. The van der Waals surface area contributed by atoms with Crippen LogP contribution in [0.15, 0.2) is 34.9 Å². The van der Waals surface area contributed by atoms with Gasteiger partial charge in [-0.15, -0.1) is 0 Å². The van der Waals surface area contributed by atoms with Gasteiger partial charge < -0.3 is 19.7 Å². The van der Waals surface area contributed by atoms with E-state index < -0.39 is 0 Å². The Bertz CT molecular complexity index is 465. The smallest absolute Gasteiger partial charge is 0.162 e. The molecule has 17 heavy (non-hydrogen) atoms. The zero-order valence-electron chi connectivity index (χ0n) is 9.55. The number of aromatic nitrogens is 1. The average molecular weight is 234 g/mol. The van der Waals surface area contributed by atoms with Crippen LogP contribution in [-0.2, 0) is 18.0 Å². The third kappa shape index (κ3) is 3.22. The predicted octanol–water partition coefficient (Wildman–Crippen LogP) is 1.98. The van der Waals surface area contributed by atoms with E-state index in [4.69, 9.17) is 19.7 Å². The van der Waals surface area contributed by atoms with E-state index in [0.717, 1.165) is 11.4 Å². The molecule has 5 nitrogen and oxygen atoms in total. The van der Waals surface area contributed by atoms with Crippen molar-refractivity contribution in [1.82, 2.24) is 5.16 Å². The molecule has 0 spiro atoms. The van der Waals surface area contributed by atoms with Gasteiger partial charge in [0.05, 0.1) is 0 Å². The van der Waals surface area contributed by atoms with E-state index in [1.54, 1.807) is 25.3 Å². The molecule has 0 unspecified atom stereocenters. The first-order valence-corrected chi connectivity index (χ1v) is 5.19. The molecule has 0 amide bonds.